The number of primary amides is 1. The Labute approximate surface area is 118 Å². The van der Waals surface area contributed by atoms with Gasteiger partial charge in [0.05, 0.1) is 13.3 Å². The molecule has 1 aliphatic rings. The molecule has 1 saturated heterocycles. The van der Waals surface area contributed by atoms with E-state index >= 15 is 0 Å². The van der Waals surface area contributed by atoms with Crippen molar-refractivity contribution in [3.05, 3.63) is 29.3 Å². The summed E-state index contributed by atoms with van der Waals surface area (Å²) < 4.78 is 5.39. The zero-order valence-electron chi connectivity index (χ0n) is 11.6. The third-order valence-corrected chi connectivity index (χ3v) is 3.29. The van der Waals surface area contributed by atoms with Gasteiger partial charge in [0.25, 0.3) is 0 Å². The fourth-order valence-corrected chi connectivity index (χ4v) is 2.35. The lowest BCUT2D eigenvalue weighted by atomic mass is 10.1. The highest BCUT2D eigenvalue weighted by molar-refractivity contribution is 5.82. The Morgan fingerprint density at radius 1 is 1.50 bits per heavy atom. The van der Waals surface area contributed by atoms with Gasteiger partial charge in [0.2, 0.25) is 0 Å². The zero-order valence-corrected chi connectivity index (χ0v) is 11.6. The van der Waals surface area contributed by atoms with E-state index in [9.17, 15) is 4.79 Å². The SMILES string of the molecule is COc1ccc(C=NNC(N)=O)cc1CN1CCCC1. The number of likely N-dealkylation sites (tertiary alicyclic amines) is 1. The second kappa shape index (κ2) is 6.91. The Morgan fingerprint density at radius 2 is 2.25 bits per heavy atom. The van der Waals surface area contributed by atoms with E-state index in [1.54, 1.807) is 13.3 Å². The van der Waals surface area contributed by atoms with Gasteiger partial charge >= 0.3 is 6.03 Å². The van der Waals surface area contributed by atoms with Crippen molar-refractivity contribution < 1.29 is 9.53 Å². The number of hydrogen-bond acceptors (Lipinski definition) is 4. The van der Waals surface area contributed by atoms with Gasteiger partial charge in [-0.25, -0.2) is 10.2 Å². The van der Waals surface area contributed by atoms with Crippen molar-refractivity contribution in [3.8, 4) is 5.75 Å². The third kappa shape index (κ3) is 3.96. The molecule has 2 rings (SSSR count). The number of methoxy groups -OCH3 is 1. The van der Waals surface area contributed by atoms with Crippen molar-refractivity contribution in [1.29, 1.82) is 0 Å². The molecule has 6 nitrogen and oxygen atoms in total. The number of rotatable bonds is 5. The van der Waals surface area contributed by atoms with Crippen LogP contribution in [0.3, 0.4) is 0 Å². The first kappa shape index (κ1) is 14.3. The molecule has 108 valence electrons. The number of urea groups is 1. The van der Waals surface area contributed by atoms with Crippen LogP contribution >= 0.6 is 0 Å². The lowest BCUT2D eigenvalue weighted by Gasteiger charge is -2.17. The number of hydrogen-bond donors (Lipinski definition) is 2. The molecule has 0 saturated carbocycles. The molecule has 1 aromatic carbocycles. The molecule has 0 aromatic heterocycles. The van der Waals surface area contributed by atoms with Crippen molar-refractivity contribution in [3.63, 3.8) is 0 Å². The Morgan fingerprint density at radius 3 is 2.90 bits per heavy atom. The molecule has 0 bridgehead atoms. The lowest BCUT2D eigenvalue weighted by Crippen LogP contribution is -2.24. The molecular weight excluding hydrogens is 256 g/mol. The number of carbonyl (C=O) groups is 1. The number of nitrogens with zero attached hydrogens (tertiary/aromatic N) is 2. The van der Waals surface area contributed by atoms with Crippen LogP contribution in [-0.4, -0.2) is 37.3 Å². The van der Waals surface area contributed by atoms with Crippen LogP contribution in [0.2, 0.25) is 0 Å². The molecule has 20 heavy (non-hydrogen) atoms. The quantitative estimate of drug-likeness (QED) is 0.628. The van der Waals surface area contributed by atoms with Gasteiger partial charge in [-0.05, 0) is 49.7 Å². The first-order chi connectivity index (χ1) is 9.69. The number of ether oxygens (including phenoxy) is 1. The van der Waals surface area contributed by atoms with Crippen molar-refractivity contribution in [2.45, 2.75) is 19.4 Å². The highest BCUT2D eigenvalue weighted by atomic mass is 16.5. The Hall–Kier alpha value is -2.08. The molecule has 6 heteroatoms. The third-order valence-electron chi connectivity index (χ3n) is 3.29. The summed E-state index contributed by atoms with van der Waals surface area (Å²) >= 11 is 0. The molecule has 1 aromatic rings. The predicted octanol–water partition coefficient (Wildman–Crippen LogP) is 1.29. The minimum atomic E-state index is -0.674. The lowest BCUT2D eigenvalue weighted by molar-refractivity contribution is 0.249. The van der Waals surface area contributed by atoms with E-state index in [2.05, 4.69) is 15.4 Å². The van der Waals surface area contributed by atoms with Gasteiger partial charge < -0.3 is 10.5 Å². The van der Waals surface area contributed by atoms with Gasteiger partial charge in [-0.2, -0.15) is 5.10 Å². The molecule has 0 unspecified atom stereocenters. The maximum atomic E-state index is 10.6. The van der Waals surface area contributed by atoms with Gasteiger partial charge in [0, 0.05) is 12.1 Å². The molecule has 1 fully saturated rings. The molecular formula is C14H20N4O2. The van der Waals surface area contributed by atoms with Crippen LogP contribution in [0.15, 0.2) is 23.3 Å². The van der Waals surface area contributed by atoms with Crippen LogP contribution < -0.4 is 15.9 Å². The standard InChI is InChI=1S/C14H20N4O2/c1-20-13-5-4-11(9-16-17-14(15)19)8-12(13)10-18-6-2-3-7-18/h4-5,8-9H,2-3,6-7,10H2,1H3,(H3,15,17,19). The fraction of sp³-hybridized carbons (Fsp3) is 0.429. The van der Waals surface area contributed by atoms with E-state index in [-0.39, 0.29) is 0 Å². The maximum Gasteiger partial charge on any atom is 0.332 e. The normalized spacial score (nSPS) is 15.7. The Kier molecular flexibility index (Phi) is 4.95. The molecule has 3 N–H and O–H groups in total. The number of nitrogens with two attached hydrogens (primary N) is 1. The summed E-state index contributed by atoms with van der Waals surface area (Å²) in [6.07, 6.45) is 4.08. The van der Waals surface area contributed by atoms with E-state index in [1.807, 2.05) is 18.2 Å². The second-order valence-electron chi connectivity index (χ2n) is 4.79. The van der Waals surface area contributed by atoms with Gasteiger partial charge in [-0.1, -0.05) is 0 Å². The molecule has 0 spiro atoms. The Balaban J connectivity index is 2.10. The highest BCUT2D eigenvalue weighted by Crippen LogP contribution is 2.22. The van der Waals surface area contributed by atoms with Crippen molar-refractivity contribution >= 4 is 12.2 Å². The van der Waals surface area contributed by atoms with E-state index in [0.29, 0.717) is 0 Å². The summed E-state index contributed by atoms with van der Waals surface area (Å²) in [5.41, 5.74) is 9.15. The fourth-order valence-electron chi connectivity index (χ4n) is 2.35. The number of hydrazone groups is 1. The minimum Gasteiger partial charge on any atom is -0.496 e. The van der Waals surface area contributed by atoms with Crippen molar-refractivity contribution in [2.24, 2.45) is 10.8 Å². The average Bonchev–Trinajstić information content (AvgIpc) is 2.91. The minimum absolute atomic E-state index is 0.674. The predicted molar refractivity (Wildman–Crippen MR) is 77.8 cm³/mol. The summed E-state index contributed by atoms with van der Waals surface area (Å²) in [5, 5.41) is 3.77. The number of amides is 2. The highest BCUT2D eigenvalue weighted by Gasteiger charge is 2.14. The number of carbonyl (C=O) groups excluding carboxylic acids is 1. The van der Waals surface area contributed by atoms with E-state index in [1.165, 1.54) is 12.8 Å². The molecule has 2 amide bonds. The van der Waals surface area contributed by atoms with Crippen molar-refractivity contribution in [1.82, 2.24) is 10.3 Å². The van der Waals surface area contributed by atoms with E-state index in [0.717, 1.165) is 36.5 Å². The summed E-state index contributed by atoms with van der Waals surface area (Å²) in [7, 11) is 1.67. The summed E-state index contributed by atoms with van der Waals surface area (Å²) in [6.45, 7) is 3.13. The molecule has 0 atom stereocenters. The van der Waals surface area contributed by atoms with Crippen LogP contribution in [0.5, 0.6) is 5.75 Å². The molecule has 1 aliphatic heterocycles. The number of nitrogens with one attached hydrogen (secondary N) is 1. The first-order valence-electron chi connectivity index (χ1n) is 6.67. The molecule has 1 heterocycles. The van der Waals surface area contributed by atoms with E-state index in [4.69, 9.17) is 10.5 Å². The van der Waals surface area contributed by atoms with Crippen LogP contribution in [0.1, 0.15) is 24.0 Å². The maximum absolute atomic E-state index is 10.6. The van der Waals surface area contributed by atoms with Crippen LogP contribution in [0.4, 0.5) is 4.79 Å². The zero-order chi connectivity index (χ0) is 14.4. The first-order valence-corrected chi connectivity index (χ1v) is 6.67. The smallest absolute Gasteiger partial charge is 0.332 e. The van der Waals surface area contributed by atoms with Gasteiger partial charge in [-0.3, -0.25) is 4.90 Å². The monoisotopic (exact) mass is 276 g/mol. The van der Waals surface area contributed by atoms with Crippen molar-refractivity contribution in [2.75, 3.05) is 20.2 Å². The summed E-state index contributed by atoms with van der Waals surface area (Å²) in [4.78, 5) is 13.0. The van der Waals surface area contributed by atoms with Crippen LogP contribution in [-0.2, 0) is 6.54 Å². The van der Waals surface area contributed by atoms with Gasteiger partial charge in [0.15, 0.2) is 0 Å². The van der Waals surface area contributed by atoms with Crippen LogP contribution in [0, 0.1) is 0 Å². The van der Waals surface area contributed by atoms with E-state index < -0.39 is 6.03 Å². The summed E-state index contributed by atoms with van der Waals surface area (Å²) in [5.74, 6) is 0.872. The molecule has 0 aliphatic carbocycles. The molecule has 0 radical (unpaired) electrons. The second-order valence-corrected chi connectivity index (χ2v) is 4.79. The van der Waals surface area contributed by atoms with Gasteiger partial charge in [0.1, 0.15) is 5.75 Å². The number of benzene rings is 1. The summed E-state index contributed by atoms with van der Waals surface area (Å²) in [6, 6.07) is 5.14. The largest absolute Gasteiger partial charge is 0.496 e. The van der Waals surface area contributed by atoms with Crippen LogP contribution in [0.25, 0.3) is 0 Å². The van der Waals surface area contributed by atoms with Gasteiger partial charge in [-0.15, -0.1) is 0 Å². The topological polar surface area (TPSA) is 80.0 Å². The Bertz CT molecular complexity index is 496. The average molecular weight is 276 g/mol.